The van der Waals surface area contributed by atoms with Crippen molar-refractivity contribution in [3.05, 3.63) is 107 Å². The lowest BCUT2D eigenvalue weighted by Gasteiger charge is -2.10. The maximum absolute atomic E-state index is 12.5. The molecule has 1 N–H and O–H groups in total. The van der Waals surface area contributed by atoms with Crippen LogP contribution in [-0.4, -0.2) is 15.5 Å². The summed E-state index contributed by atoms with van der Waals surface area (Å²) in [4.78, 5) is 28.8. The van der Waals surface area contributed by atoms with Crippen molar-refractivity contribution in [2.45, 2.75) is 6.54 Å². The van der Waals surface area contributed by atoms with E-state index in [1.807, 2.05) is 54.6 Å². The van der Waals surface area contributed by atoms with Crippen LogP contribution in [-0.2, 0) is 11.3 Å². The van der Waals surface area contributed by atoms with Crippen LogP contribution in [0.2, 0.25) is 0 Å². The minimum absolute atomic E-state index is 0.0954. The first-order valence-electron chi connectivity index (χ1n) is 9.11. The van der Waals surface area contributed by atoms with Gasteiger partial charge in [-0.25, -0.2) is 4.98 Å². The molecule has 0 saturated carbocycles. The SMILES string of the molecule is O=C(Cn1c(=O)cnc2ccccc21)Nc1cccc(C#Cc2ccccc2)c1. The van der Waals surface area contributed by atoms with Gasteiger partial charge in [0.05, 0.1) is 17.2 Å². The van der Waals surface area contributed by atoms with Crippen LogP contribution in [0.3, 0.4) is 0 Å². The number of hydrogen-bond acceptors (Lipinski definition) is 3. The van der Waals surface area contributed by atoms with Gasteiger partial charge in [0.25, 0.3) is 5.56 Å². The number of carbonyl (C=O) groups excluding carboxylic acids is 1. The highest BCUT2D eigenvalue weighted by Crippen LogP contribution is 2.12. The molecule has 3 aromatic carbocycles. The zero-order valence-electron chi connectivity index (χ0n) is 15.5. The molecule has 0 fully saturated rings. The largest absolute Gasteiger partial charge is 0.324 e. The molecule has 0 aliphatic carbocycles. The normalized spacial score (nSPS) is 10.2. The Hall–Kier alpha value is -4.17. The summed E-state index contributed by atoms with van der Waals surface area (Å²) in [5.74, 6) is 5.89. The number of anilines is 1. The summed E-state index contributed by atoms with van der Waals surface area (Å²) in [7, 11) is 0. The number of hydrogen-bond donors (Lipinski definition) is 1. The van der Waals surface area contributed by atoms with Crippen molar-refractivity contribution in [3.63, 3.8) is 0 Å². The fourth-order valence-electron chi connectivity index (χ4n) is 2.96. The summed E-state index contributed by atoms with van der Waals surface area (Å²) in [5.41, 5.74) is 3.31. The monoisotopic (exact) mass is 379 g/mol. The molecule has 0 bridgehead atoms. The number of amides is 1. The van der Waals surface area contributed by atoms with Gasteiger partial charge in [-0.1, -0.05) is 48.2 Å². The Morgan fingerprint density at radius 2 is 1.62 bits per heavy atom. The molecule has 0 atom stereocenters. The van der Waals surface area contributed by atoms with Crippen LogP contribution >= 0.6 is 0 Å². The summed E-state index contributed by atoms with van der Waals surface area (Å²) >= 11 is 0. The summed E-state index contributed by atoms with van der Waals surface area (Å²) < 4.78 is 1.41. The zero-order chi connectivity index (χ0) is 20.1. The van der Waals surface area contributed by atoms with Crippen LogP contribution < -0.4 is 10.9 Å². The van der Waals surface area contributed by atoms with Crippen LogP contribution in [0, 0.1) is 11.8 Å². The number of rotatable bonds is 3. The van der Waals surface area contributed by atoms with Crippen LogP contribution in [0.1, 0.15) is 11.1 Å². The van der Waals surface area contributed by atoms with Gasteiger partial charge in [0.1, 0.15) is 6.54 Å². The topological polar surface area (TPSA) is 64.0 Å². The Labute approximate surface area is 167 Å². The number of para-hydroxylation sites is 2. The third-order valence-corrected chi connectivity index (χ3v) is 4.33. The van der Waals surface area contributed by atoms with E-state index in [0.29, 0.717) is 16.7 Å². The Balaban J connectivity index is 1.52. The molecule has 1 aromatic heterocycles. The van der Waals surface area contributed by atoms with Gasteiger partial charge in [-0.3, -0.25) is 14.2 Å². The summed E-state index contributed by atoms with van der Waals surface area (Å²) in [5, 5.41) is 2.83. The molecular weight excluding hydrogens is 362 g/mol. The highest BCUT2D eigenvalue weighted by Gasteiger charge is 2.09. The molecule has 0 aliphatic heterocycles. The number of nitrogens with zero attached hydrogens (tertiary/aromatic N) is 2. The molecule has 0 radical (unpaired) electrons. The summed E-state index contributed by atoms with van der Waals surface area (Å²) in [6.07, 6.45) is 1.23. The van der Waals surface area contributed by atoms with Gasteiger partial charge in [-0.15, -0.1) is 0 Å². The number of nitrogens with one attached hydrogen (secondary N) is 1. The molecule has 0 saturated heterocycles. The van der Waals surface area contributed by atoms with E-state index in [-0.39, 0.29) is 18.0 Å². The molecule has 140 valence electrons. The quantitative estimate of drug-likeness (QED) is 0.555. The molecule has 0 spiro atoms. The predicted molar refractivity (Wildman–Crippen MR) is 113 cm³/mol. The summed E-state index contributed by atoms with van der Waals surface area (Å²) in [6, 6.07) is 24.2. The van der Waals surface area contributed by atoms with Crippen molar-refractivity contribution in [2.24, 2.45) is 0 Å². The second-order valence-electron chi connectivity index (χ2n) is 6.42. The van der Waals surface area contributed by atoms with Gasteiger partial charge >= 0.3 is 0 Å². The standard InChI is InChI=1S/C24H17N3O2/c28-23(17-27-22-12-5-4-11-21(22)25-16-24(27)29)26-20-10-6-9-19(15-20)14-13-18-7-2-1-3-8-18/h1-12,15-16H,17H2,(H,26,28). The van der Waals surface area contributed by atoms with Gasteiger partial charge in [0, 0.05) is 16.8 Å². The average Bonchev–Trinajstić information content (AvgIpc) is 2.75. The Morgan fingerprint density at radius 1 is 0.897 bits per heavy atom. The van der Waals surface area contributed by atoms with Crippen molar-refractivity contribution < 1.29 is 4.79 Å². The van der Waals surface area contributed by atoms with Gasteiger partial charge in [-0.05, 0) is 42.5 Å². The predicted octanol–water partition coefficient (Wildman–Crippen LogP) is 3.44. The van der Waals surface area contributed by atoms with Gasteiger partial charge in [0.2, 0.25) is 5.91 Å². The van der Waals surface area contributed by atoms with Crippen molar-refractivity contribution in [3.8, 4) is 11.8 Å². The van der Waals surface area contributed by atoms with Gasteiger partial charge in [-0.2, -0.15) is 0 Å². The average molecular weight is 379 g/mol. The molecule has 4 rings (SSSR count). The van der Waals surface area contributed by atoms with E-state index >= 15 is 0 Å². The first-order chi connectivity index (χ1) is 14.2. The van der Waals surface area contributed by atoms with E-state index < -0.39 is 0 Å². The molecule has 1 amide bonds. The lowest BCUT2D eigenvalue weighted by molar-refractivity contribution is -0.116. The van der Waals surface area contributed by atoms with Crippen molar-refractivity contribution >= 4 is 22.6 Å². The smallest absolute Gasteiger partial charge is 0.269 e. The molecule has 5 nitrogen and oxygen atoms in total. The fourth-order valence-corrected chi connectivity index (χ4v) is 2.96. The van der Waals surface area contributed by atoms with Crippen LogP contribution in [0.5, 0.6) is 0 Å². The van der Waals surface area contributed by atoms with Crippen molar-refractivity contribution in [2.75, 3.05) is 5.32 Å². The lowest BCUT2D eigenvalue weighted by Crippen LogP contribution is -2.28. The molecule has 5 heteroatoms. The fraction of sp³-hybridized carbons (Fsp3) is 0.0417. The maximum Gasteiger partial charge on any atom is 0.269 e. The van der Waals surface area contributed by atoms with Crippen LogP contribution in [0.15, 0.2) is 89.9 Å². The molecule has 29 heavy (non-hydrogen) atoms. The number of carbonyl (C=O) groups is 1. The first-order valence-corrected chi connectivity index (χ1v) is 9.11. The molecule has 4 aromatic rings. The van der Waals surface area contributed by atoms with E-state index in [9.17, 15) is 9.59 Å². The van der Waals surface area contributed by atoms with E-state index in [4.69, 9.17) is 0 Å². The number of aromatic nitrogens is 2. The zero-order valence-corrected chi connectivity index (χ0v) is 15.5. The molecule has 0 aliphatic rings. The Morgan fingerprint density at radius 3 is 2.48 bits per heavy atom. The van der Waals surface area contributed by atoms with Gasteiger partial charge < -0.3 is 5.32 Å². The number of benzene rings is 3. The first kappa shape index (κ1) is 18.2. The Kier molecular flexibility index (Phi) is 5.17. The van der Waals surface area contributed by atoms with E-state index in [1.165, 1.54) is 10.8 Å². The maximum atomic E-state index is 12.5. The van der Waals surface area contributed by atoms with E-state index in [0.717, 1.165) is 11.1 Å². The third-order valence-electron chi connectivity index (χ3n) is 4.33. The Bertz CT molecular complexity index is 1300. The summed E-state index contributed by atoms with van der Waals surface area (Å²) in [6.45, 7) is -0.0954. The van der Waals surface area contributed by atoms with Crippen molar-refractivity contribution in [1.29, 1.82) is 0 Å². The van der Waals surface area contributed by atoms with Crippen LogP contribution in [0.25, 0.3) is 11.0 Å². The van der Waals surface area contributed by atoms with E-state index in [2.05, 4.69) is 22.1 Å². The molecule has 0 unspecified atom stereocenters. The highest BCUT2D eigenvalue weighted by molar-refractivity contribution is 5.91. The lowest BCUT2D eigenvalue weighted by atomic mass is 10.1. The second kappa shape index (κ2) is 8.24. The third kappa shape index (κ3) is 4.40. The minimum Gasteiger partial charge on any atom is -0.324 e. The second-order valence-corrected chi connectivity index (χ2v) is 6.42. The minimum atomic E-state index is -0.318. The highest BCUT2D eigenvalue weighted by atomic mass is 16.2. The van der Waals surface area contributed by atoms with Crippen LogP contribution in [0.4, 0.5) is 5.69 Å². The molecule has 1 heterocycles. The molecular formula is C24H17N3O2. The number of fused-ring (bicyclic) bond motifs is 1. The van der Waals surface area contributed by atoms with Crippen molar-refractivity contribution in [1.82, 2.24) is 9.55 Å². The van der Waals surface area contributed by atoms with Gasteiger partial charge in [0.15, 0.2) is 0 Å². The van der Waals surface area contributed by atoms with E-state index in [1.54, 1.807) is 24.3 Å².